The largest absolute Gasteiger partial charge is 0.494 e. The van der Waals surface area contributed by atoms with Crippen LogP contribution < -0.4 is 10.5 Å². The number of anilines is 1. The van der Waals surface area contributed by atoms with Gasteiger partial charge in [0.2, 0.25) is 0 Å². The summed E-state index contributed by atoms with van der Waals surface area (Å²) in [5.41, 5.74) is 9.52. The quantitative estimate of drug-likeness (QED) is 0.584. The predicted octanol–water partition coefficient (Wildman–Crippen LogP) is 1.15. The number of ether oxygens (including phenoxy) is 2. The van der Waals surface area contributed by atoms with E-state index in [0.717, 1.165) is 50.5 Å². The third-order valence-corrected chi connectivity index (χ3v) is 5.76. The smallest absolute Gasteiger partial charge is 0.145 e. The minimum absolute atomic E-state index is 0.394. The van der Waals surface area contributed by atoms with Crippen molar-refractivity contribution in [2.24, 2.45) is 0 Å². The highest BCUT2D eigenvalue weighted by molar-refractivity contribution is 5.60. The molecule has 0 amide bonds. The van der Waals surface area contributed by atoms with Crippen LogP contribution in [0, 0.1) is 0 Å². The van der Waals surface area contributed by atoms with Crippen molar-refractivity contribution in [3.05, 3.63) is 23.3 Å². The molecule has 1 unspecified atom stereocenters. The summed E-state index contributed by atoms with van der Waals surface area (Å²) in [6.45, 7) is 5.25. The van der Waals surface area contributed by atoms with E-state index in [1.807, 2.05) is 6.07 Å². The second-order valence-electron chi connectivity index (χ2n) is 7.52. The number of nitrogen functional groups attached to an aromatic ring is 1. The maximum Gasteiger partial charge on any atom is 0.145 e. The van der Waals surface area contributed by atoms with Crippen molar-refractivity contribution in [1.82, 2.24) is 9.80 Å². The van der Waals surface area contributed by atoms with Crippen molar-refractivity contribution in [3.8, 4) is 5.75 Å². The number of nitrogens with zero attached hydrogens (tertiary/aromatic N) is 2. The highest BCUT2D eigenvalue weighted by atomic mass is 16.5. The number of aliphatic hydroxyl groups excluding tert-OH is 1. The van der Waals surface area contributed by atoms with E-state index in [4.69, 9.17) is 15.2 Å². The molecule has 6 heteroatoms. The molecule has 1 aromatic rings. The molecule has 3 N–H and O–H groups in total. The number of piperazine rings is 1. The van der Waals surface area contributed by atoms with Crippen LogP contribution in [-0.4, -0.2) is 80.6 Å². The van der Waals surface area contributed by atoms with Gasteiger partial charge in [0.25, 0.3) is 0 Å². The Bertz CT molecular complexity index is 588. The molecule has 0 radical (unpaired) electrons. The number of aliphatic hydroxyl groups is 1. The van der Waals surface area contributed by atoms with Gasteiger partial charge in [-0.05, 0) is 42.9 Å². The summed E-state index contributed by atoms with van der Waals surface area (Å²) in [5.74, 6) is 0.875. The van der Waals surface area contributed by atoms with Crippen molar-refractivity contribution in [3.63, 3.8) is 0 Å². The number of rotatable bonds is 6. The summed E-state index contributed by atoms with van der Waals surface area (Å²) in [7, 11) is 3.35. The molecule has 0 aromatic heterocycles. The molecule has 0 bridgehead atoms. The van der Waals surface area contributed by atoms with Crippen molar-refractivity contribution in [2.45, 2.75) is 37.8 Å². The molecule has 0 spiro atoms. The second-order valence-corrected chi connectivity index (χ2v) is 7.52. The van der Waals surface area contributed by atoms with Gasteiger partial charge in [-0.1, -0.05) is 6.07 Å². The van der Waals surface area contributed by atoms with E-state index in [1.165, 1.54) is 24.0 Å². The number of hydrogen-bond acceptors (Lipinski definition) is 6. The number of hydrogen-bond donors (Lipinski definition) is 2. The number of nitrogens with two attached hydrogens (primary N) is 1. The van der Waals surface area contributed by atoms with Crippen LogP contribution in [0.25, 0.3) is 0 Å². The molecular formula is C20H33N3O3. The summed E-state index contributed by atoms with van der Waals surface area (Å²) in [5, 5.41) is 9.93. The maximum absolute atomic E-state index is 9.93. The fraction of sp³-hybridized carbons (Fsp3) is 0.700. The van der Waals surface area contributed by atoms with Crippen LogP contribution in [0.5, 0.6) is 5.75 Å². The van der Waals surface area contributed by atoms with Crippen LogP contribution in [0.15, 0.2) is 12.1 Å². The van der Waals surface area contributed by atoms with Gasteiger partial charge >= 0.3 is 0 Å². The first-order valence-electron chi connectivity index (χ1n) is 9.70. The van der Waals surface area contributed by atoms with E-state index in [2.05, 4.69) is 15.9 Å². The van der Waals surface area contributed by atoms with Crippen LogP contribution >= 0.6 is 0 Å². The minimum atomic E-state index is -0.394. The first-order valence-corrected chi connectivity index (χ1v) is 9.70. The Morgan fingerprint density at radius 1 is 1.23 bits per heavy atom. The van der Waals surface area contributed by atoms with Gasteiger partial charge in [-0.25, -0.2) is 0 Å². The Labute approximate surface area is 156 Å². The van der Waals surface area contributed by atoms with E-state index < -0.39 is 6.10 Å². The van der Waals surface area contributed by atoms with E-state index >= 15 is 0 Å². The molecule has 1 heterocycles. The fourth-order valence-corrected chi connectivity index (χ4v) is 4.43. The highest BCUT2D eigenvalue weighted by Gasteiger charge is 2.28. The van der Waals surface area contributed by atoms with E-state index in [1.54, 1.807) is 14.2 Å². The van der Waals surface area contributed by atoms with Gasteiger partial charge in [0, 0.05) is 45.9 Å². The molecule has 1 aromatic carbocycles. The predicted molar refractivity (Wildman–Crippen MR) is 104 cm³/mol. The van der Waals surface area contributed by atoms with Crippen molar-refractivity contribution < 1.29 is 14.6 Å². The Balaban J connectivity index is 1.60. The van der Waals surface area contributed by atoms with Gasteiger partial charge in [-0.15, -0.1) is 0 Å². The third-order valence-electron chi connectivity index (χ3n) is 5.76. The Hall–Kier alpha value is -1.34. The molecular weight excluding hydrogens is 330 g/mol. The second kappa shape index (κ2) is 9.04. The average Bonchev–Trinajstić information content (AvgIpc) is 2.85. The Kier molecular flexibility index (Phi) is 6.75. The SMILES string of the molecule is COC[C@@H](O)CN1CCN(C2CCCc3c(ccc(N)c3OC)C2)CC1. The maximum atomic E-state index is 9.93. The summed E-state index contributed by atoms with van der Waals surface area (Å²) in [4.78, 5) is 4.96. The van der Waals surface area contributed by atoms with Crippen LogP contribution in [0.1, 0.15) is 24.0 Å². The average molecular weight is 364 g/mol. The molecule has 1 saturated heterocycles. The van der Waals surface area contributed by atoms with Gasteiger partial charge in [-0.3, -0.25) is 9.80 Å². The molecule has 0 saturated carbocycles. The third kappa shape index (κ3) is 4.49. The highest BCUT2D eigenvalue weighted by Crippen LogP contribution is 2.34. The molecule has 2 atom stereocenters. The molecule has 1 aliphatic heterocycles. The molecule has 1 fully saturated rings. The standard InChI is InChI=1S/C20H33N3O3/c1-25-14-17(24)13-22-8-10-23(11-9-22)16-4-3-5-18-15(12-16)6-7-19(21)20(18)26-2/h6-7,16-17,24H,3-5,8-14,21H2,1-2H3/t16?,17-/m0/s1. The van der Waals surface area contributed by atoms with Gasteiger partial charge < -0.3 is 20.3 Å². The molecule has 2 aliphatic rings. The minimum Gasteiger partial charge on any atom is -0.494 e. The van der Waals surface area contributed by atoms with Crippen LogP contribution in [0.4, 0.5) is 5.69 Å². The van der Waals surface area contributed by atoms with Gasteiger partial charge in [-0.2, -0.15) is 0 Å². The number of methoxy groups -OCH3 is 2. The fourth-order valence-electron chi connectivity index (χ4n) is 4.43. The van der Waals surface area contributed by atoms with E-state index in [0.29, 0.717) is 19.2 Å². The molecule has 6 nitrogen and oxygen atoms in total. The zero-order chi connectivity index (χ0) is 18.5. The first-order chi connectivity index (χ1) is 12.6. The van der Waals surface area contributed by atoms with Crippen LogP contribution in [0.2, 0.25) is 0 Å². The normalized spacial score (nSPS) is 23.3. The van der Waals surface area contributed by atoms with Crippen molar-refractivity contribution in [1.29, 1.82) is 0 Å². The molecule has 1 aliphatic carbocycles. The van der Waals surface area contributed by atoms with Crippen LogP contribution in [-0.2, 0) is 17.6 Å². The lowest BCUT2D eigenvalue weighted by Crippen LogP contribution is -2.52. The van der Waals surface area contributed by atoms with Crippen molar-refractivity contribution in [2.75, 3.05) is 59.3 Å². The number of β-amino-alcohol motifs (C(OH)–C–C–N with tert-alkyl or cyclic N) is 1. The zero-order valence-electron chi connectivity index (χ0n) is 16.1. The summed E-state index contributed by atoms with van der Waals surface area (Å²) < 4.78 is 10.6. The van der Waals surface area contributed by atoms with Crippen LogP contribution in [0.3, 0.4) is 0 Å². The lowest BCUT2D eigenvalue weighted by Gasteiger charge is -2.39. The Morgan fingerprint density at radius 2 is 2.00 bits per heavy atom. The zero-order valence-corrected chi connectivity index (χ0v) is 16.1. The van der Waals surface area contributed by atoms with Gasteiger partial charge in [0.15, 0.2) is 0 Å². The topological polar surface area (TPSA) is 71.2 Å². The molecule has 26 heavy (non-hydrogen) atoms. The lowest BCUT2D eigenvalue weighted by atomic mass is 9.99. The van der Waals surface area contributed by atoms with E-state index in [9.17, 15) is 5.11 Å². The monoisotopic (exact) mass is 363 g/mol. The van der Waals surface area contributed by atoms with E-state index in [-0.39, 0.29) is 0 Å². The number of fused-ring (bicyclic) bond motifs is 1. The summed E-state index contributed by atoms with van der Waals surface area (Å²) in [6.07, 6.45) is 4.10. The van der Waals surface area contributed by atoms with Crippen molar-refractivity contribution >= 4 is 5.69 Å². The molecule has 146 valence electrons. The van der Waals surface area contributed by atoms with Gasteiger partial charge in [0.05, 0.1) is 25.5 Å². The summed E-state index contributed by atoms with van der Waals surface area (Å²) >= 11 is 0. The number of benzene rings is 1. The summed E-state index contributed by atoms with van der Waals surface area (Å²) in [6, 6.07) is 4.74. The first kappa shape index (κ1) is 19.4. The Morgan fingerprint density at radius 3 is 2.69 bits per heavy atom. The van der Waals surface area contributed by atoms with Gasteiger partial charge in [0.1, 0.15) is 5.75 Å². The lowest BCUT2D eigenvalue weighted by molar-refractivity contribution is 0.0174. The molecule has 3 rings (SSSR count).